The maximum Gasteiger partial charge on any atom is 0.251 e. The number of likely N-dealkylation sites (tertiary alicyclic amines) is 1. The zero-order valence-corrected chi connectivity index (χ0v) is 16.7. The molecule has 0 radical (unpaired) electrons. The smallest absolute Gasteiger partial charge is 0.251 e. The van der Waals surface area contributed by atoms with E-state index >= 15 is 0 Å². The molecule has 6 heteroatoms. The third-order valence-corrected chi connectivity index (χ3v) is 5.44. The lowest BCUT2D eigenvalue weighted by atomic mass is 10.1. The molecular weight excluding hydrogens is 383 g/mol. The number of nitrogens with zero attached hydrogens (tertiary/aromatic N) is 1. The van der Waals surface area contributed by atoms with Crippen molar-refractivity contribution in [1.29, 1.82) is 0 Å². The monoisotopic (exact) mass is 406 g/mol. The van der Waals surface area contributed by atoms with Crippen molar-refractivity contribution in [2.24, 2.45) is 0 Å². The Bertz CT molecular complexity index is 777. The van der Waals surface area contributed by atoms with Crippen molar-refractivity contribution in [2.75, 3.05) is 32.8 Å². The lowest BCUT2D eigenvalue weighted by molar-refractivity contribution is 0.0954. The van der Waals surface area contributed by atoms with Crippen LogP contribution in [-0.2, 0) is 6.42 Å². The lowest BCUT2D eigenvalue weighted by Crippen LogP contribution is -2.26. The van der Waals surface area contributed by atoms with Crippen LogP contribution >= 0.6 is 23.2 Å². The Kier molecular flexibility index (Phi) is 7.39. The molecule has 2 aromatic carbocycles. The predicted octanol–water partition coefficient (Wildman–Crippen LogP) is 4.44. The minimum absolute atomic E-state index is 0.166. The number of hydrogen-bond acceptors (Lipinski definition) is 3. The zero-order chi connectivity index (χ0) is 19.1. The van der Waals surface area contributed by atoms with Crippen LogP contribution in [0.4, 0.5) is 0 Å². The van der Waals surface area contributed by atoms with E-state index in [1.807, 2.05) is 24.3 Å². The molecule has 1 aliphatic heterocycles. The van der Waals surface area contributed by atoms with Crippen LogP contribution in [0.25, 0.3) is 0 Å². The minimum Gasteiger partial charge on any atom is -0.492 e. The van der Waals surface area contributed by atoms with Crippen molar-refractivity contribution in [3.05, 3.63) is 63.6 Å². The van der Waals surface area contributed by atoms with E-state index in [-0.39, 0.29) is 5.91 Å². The van der Waals surface area contributed by atoms with Crippen molar-refractivity contribution in [1.82, 2.24) is 10.2 Å². The van der Waals surface area contributed by atoms with Crippen molar-refractivity contribution in [3.8, 4) is 5.75 Å². The van der Waals surface area contributed by atoms with Crippen LogP contribution < -0.4 is 10.1 Å². The van der Waals surface area contributed by atoms with Crippen molar-refractivity contribution in [2.45, 2.75) is 19.3 Å². The molecule has 27 heavy (non-hydrogen) atoms. The molecule has 0 bridgehead atoms. The van der Waals surface area contributed by atoms with Gasteiger partial charge in [0, 0.05) is 18.7 Å². The van der Waals surface area contributed by atoms with Gasteiger partial charge in [0.1, 0.15) is 12.4 Å². The molecule has 4 nitrogen and oxygen atoms in total. The fourth-order valence-corrected chi connectivity index (χ4v) is 3.49. The number of halogens is 2. The molecule has 0 aliphatic carbocycles. The van der Waals surface area contributed by atoms with Crippen molar-refractivity contribution in [3.63, 3.8) is 0 Å². The number of hydrogen-bond donors (Lipinski definition) is 1. The van der Waals surface area contributed by atoms with E-state index in [1.165, 1.54) is 25.9 Å². The standard InChI is InChI=1S/C21H24Cl2N2O2/c22-18-8-7-17(15-19(18)23)21(26)24-10-9-16-5-1-2-6-20(16)27-14-13-25-11-3-4-12-25/h1-2,5-8,15H,3-4,9-14H2,(H,24,26). The van der Waals surface area contributed by atoms with Gasteiger partial charge in [-0.25, -0.2) is 0 Å². The van der Waals surface area contributed by atoms with Gasteiger partial charge in [-0.05, 0) is 62.2 Å². The summed E-state index contributed by atoms with van der Waals surface area (Å²) in [7, 11) is 0. The van der Waals surface area contributed by atoms with Crippen LogP contribution in [-0.4, -0.2) is 43.6 Å². The van der Waals surface area contributed by atoms with Gasteiger partial charge >= 0.3 is 0 Å². The Balaban J connectivity index is 1.48. The van der Waals surface area contributed by atoms with E-state index < -0.39 is 0 Å². The van der Waals surface area contributed by atoms with Crippen molar-refractivity contribution >= 4 is 29.1 Å². The Morgan fingerprint density at radius 1 is 1.07 bits per heavy atom. The van der Waals surface area contributed by atoms with Gasteiger partial charge in [-0.1, -0.05) is 41.4 Å². The Labute approximate surface area is 170 Å². The van der Waals surface area contributed by atoms with Crippen LogP contribution in [0, 0.1) is 0 Å². The highest BCUT2D eigenvalue weighted by atomic mass is 35.5. The molecule has 0 saturated carbocycles. The first-order chi connectivity index (χ1) is 13.1. The van der Waals surface area contributed by atoms with E-state index in [1.54, 1.807) is 18.2 Å². The highest BCUT2D eigenvalue weighted by Crippen LogP contribution is 2.22. The van der Waals surface area contributed by atoms with Crippen LogP contribution in [0.5, 0.6) is 5.75 Å². The van der Waals surface area contributed by atoms with Crippen LogP contribution in [0.3, 0.4) is 0 Å². The molecule has 0 aromatic heterocycles. The molecule has 1 amide bonds. The van der Waals surface area contributed by atoms with Crippen LogP contribution in [0.15, 0.2) is 42.5 Å². The maximum absolute atomic E-state index is 12.3. The van der Waals surface area contributed by atoms with Gasteiger partial charge < -0.3 is 10.1 Å². The summed E-state index contributed by atoms with van der Waals surface area (Å²) < 4.78 is 5.98. The normalized spacial score (nSPS) is 14.3. The topological polar surface area (TPSA) is 41.6 Å². The quantitative estimate of drug-likeness (QED) is 0.704. The summed E-state index contributed by atoms with van der Waals surface area (Å²) in [6, 6.07) is 12.9. The number of para-hydroxylation sites is 1. The summed E-state index contributed by atoms with van der Waals surface area (Å²) in [5, 5.41) is 3.73. The van der Waals surface area contributed by atoms with Gasteiger partial charge in [0.05, 0.1) is 10.0 Å². The molecular formula is C21H24Cl2N2O2. The van der Waals surface area contributed by atoms with E-state index in [0.29, 0.717) is 35.2 Å². The summed E-state index contributed by atoms with van der Waals surface area (Å²) in [5.41, 5.74) is 1.59. The largest absolute Gasteiger partial charge is 0.492 e. The summed E-state index contributed by atoms with van der Waals surface area (Å²) in [5.74, 6) is 0.724. The van der Waals surface area contributed by atoms with Gasteiger partial charge in [0.25, 0.3) is 5.91 Å². The highest BCUT2D eigenvalue weighted by Gasteiger charge is 2.12. The average Bonchev–Trinajstić information content (AvgIpc) is 3.18. The number of nitrogens with one attached hydrogen (secondary N) is 1. The van der Waals surface area contributed by atoms with E-state index in [9.17, 15) is 4.79 Å². The molecule has 1 saturated heterocycles. The van der Waals surface area contributed by atoms with Gasteiger partial charge in [-0.15, -0.1) is 0 Å². The Hall–Kier alpha value is -1.75. The predicted molar refractivity (Wildman–Crippen MR) is 110 cm³/mol. The Morgan fingerprint density at radius 2 is 1.85 bits per heavy atom. The molecule has 0 spiro atoms. The molecule has 0 unspecified atom stereocenters. The van der Waals surface area contributed by atoms with E-state index in [0.717, 1.165) is 17.9 Å². The Morgan fingerprint density at radius 3 is 2.63 bits per heavy atom. The second-order valence-corrected chi connectivity index (χ2v) is 7.45. The number of benzene rings is 2. The molecule has 1 aliphatic rings. The van der Waals surface area contributed by atoms with Gasteiger partial charge in [-0.3, -0.25) is 9.69 Å². The lowest BCUT2D eigenvalue weighted by Gasteiger charge is -2.16. The first-order valence-corrected chi connectivity index (χ1v) is 10.1. The first kappa shape index (κ1) is 20.0. The third kappa shape index (κ3) is 5.86. The third-order valence-electron chi connectivity index (χ3n) is 4.70. The molecule has 1 N–H and O–H groups in total. The van der Waals surface area contributed by atoms with Gasteiger partial charge in [0.2, 0.25) is 0 Å². The summed E-state index contributed by atoms with van der Waals surface area (Å²) >= 11 is 11.9. The van der Waals surface area contributed by atoms with E-state index in [2.05, 4.69) is 10.2 Å². The number of carbonyl (C=O) groups excluding carboxylic acids is 1. The number of carbonyl (C=O) groups is 1. The van der Waals surface area contributed by atoms with Crippen LogP contribution in [0.1, 0.15) is 28.8 Å². The summed E-state index contributed by atoms with van der Waals surface area (Å²) in [6.45, 7) is 4.51. The maximum atomic E-state index is 12.3. The molecule has 3 rings (SSSR count). The fourth-order valence-electron chi connectivity index (χ4n) is 3.19. The molecule has 0 atom stereocenters. The minimum atomic E-state index is -0.166. The highest BCUT2D eigenvalue weighted by molar-refractivity contribution is 6.42. The second kappa shape index (κ2) is 9.98. The fraction of sp³-hybridized carbons (Fsp3) is 0.381. The number of ether oxygens (including phenoxy) is 1. The summed E-state index contributed by atoms with van der Waals surface area (Å²) in [6.07, 6.45) is 3.27. The number of rotatable bonds is 8. The molecule has 144 valence electrons. The van der Waals surface area contributed by atoms with Crippen molar-refractivity contribution < 1.29 is 9.53 Å². The second-order valence-electron chi connectivity index (χ2n) is 6.64. The number of amides is 1. The SMILES string of the molecule is O=C(NCCc1ccccc1OCCN1CCCC1)c1ccc(Cl)c(Cl)c1. The van der Waals surface area contributed by atoms with E-state index in [4.69, 9.17) is 27.9 Å². The first-order valence-electron chi connectivity index (χ1n) is 9.30. The molecule has 1 heterocycles. The van der Waals surface area contributed by atoms with Crippen LogP contribution in [0.2, 0.25) is 10.0 Å². The molecule has 1 fully saturated rings. The van der Waals surface area contributed by atoms with Gasteiger partial charge in [0.15, 0.2) is 0 Å². The molecule has 2 aromatic rings. The van der Waals surface area contributed by atoms with Gasteiger partial charge in [-0.2, -0.15) is 0 Å². The summed E-state index contributed by atoms with van der Waals surface area (Å²) in [4.78, 5) is 14.7. The zero-order valence-electron chi connectivity index (χ0n) is 15.2. The average molecular weight is 407 g/mol.